The average molecular weight is 319 g/mol. The number of ether oxygens (including phenoxy) is 2. The van der Waals surface area contributed by atoms with Gasteiger partial charge in [0.2, 0.25) is 0 Å². The van der Waals surface area contributed by atoms with Gasteiger partial charge in [0.15, 0.2) is 6.29 Å². The lowest BCUT2D eigenvalue weighted by molar-refractivity contribution is 0.0600. The topological polar surface area (TPSA) is 52.6 Å². The van der Waals surface area contributed by atoms with Crippen molar-refractivity contribution < 1.29 is 19.1 Å². The van der Waals surface area contributed by atoms with Crippen LogP contribution in [-0.2, 0) is 4.74 Å². The summed E-state index contributed by atoms with van der Waals surface area (Å²) < 4.78 is 10.4. The van der Waals surface area contributed by atoms with Crippen molar-refractivity contribution in [2.24, 2.45) is 0 Å². The van der Waals surface area contributed by atoms with Crippen LogP contribution in [0.4, 0.5) is 0 Å². The van der Waals surface area contributed by atoms with E-state index in [0.29, 0.717) is 22.6 Å². The lowest BCUT2D eigenvalue weighted by Crippen LogP contribution is -2.07. The Labute approximate surface area is 133 Å². The summed E-state index contributed by atoms with van der Waals surface area (Å²) in [4.78, 5) is 22.7. The van der Waals surface area contributed by atoms with Crippen LogP contribution in [0.3, 0.4) is 0 Å². The highest BCUT2D eigenvalue weighted by Crippen LogP contribution is 2.29. The van der Waals surface area contributed by atoms with Crippen molar-refractivity contribution in [3.8, 4) is 5.75 Å². The predicted octanol–water partition coefficient (Wildman–Crippen LogP) is 4.08. The van der Waals surface area contributed by atoms with Crippen molar-refractivity contribution in [2.75, 3.05) is 7.11 Å². The van der Waals surface area contributed by atoms with Crippen LogP contribution >= 0.6 is 11.6 Å². The molecule has 0 amide bonds. The first kappa shape index (κ1) is 16.0. The molecule has 0 saturated heterocycles. The van der Waals surface area contributed by atoms with E-state index < -0.39 is 5.97 Å². The summed E-state index contributed by atoms with van der Waals surface area (Å²) in [5, 5.41) is 0.592. The smallest absolute Gasteiger partial charge is 0.337 e. The van der Waals surface area contributed by atoms with Crippen LogP contribution in [-0.4, -0.2) is 19.4 Å². The van der Waals surface area contributed by atoms with Crippen molar-refractivity contribution in [1.82, 2.24) is 0 Å². The first-order valence-corrected chi connectivity index (χ1v) is 7.03. The highest BCUT2D eigenvalue weighted by molar-refractivity contribution is 6.31. The Morgan fingerprint density at radius 3 is 2.59 bits per heavy atom. The number of aldehydes is 1. The van der Waals surface area contributed by atoms with Crippen LogP contribution in [0.5, 0.6) is 5.75 Å². The average Bonchev–Trinajstić information content (AvgIpc) is 2.54. The zero-order valence-corrected chi connectivity index (χ0v) is 13.0. The molecule has 0 N–H and O–H groups in total. The Hall–Kier alpha value is -2.33. The molecule has 1 atom stereocenters. The fourth-order valence-corrected chi connectivity index (χ4v) is 2.34. The van der Waals surface area contributed by atoms with Crippen LogP contribution in [0.15, 0.2) is 42.5 Å². The number of carbonyl (C=O) groups excluding carboxylic acids is 2. The Morgan fingerprint density at radius 1 is 1.23 bits per heavy atom. The number of esters is 1. The SMILES string of the molecule is COC(=O)c1ccc(O[C@@H](C)c2ccccc2Cl)c(C=O)c1. The molecule has 22 heavy (non-hydrogen) atoms. The van der Waals surface area contributed by atoms with E-state index >= 15 is 0 Å². The fraction of sp³-hybridized carbons (Fsp3) is 0.176. The molecule has 0 fully saturated rings. The molecule has 0 aliphatic heterocycles. The molecular formula is C17H15ClO4. The minimum Gasteiger partial charge on any atom is -0.485 e. The molecule has 2 aromatic carbocycles. The molecule has 2 aromatic rings. The molecule has 114 valence electrons. The minimum atomic E-state index is -0.506. The van der Waals surface area contributed by atoms with Gasteiger partial charge in [0.25, 0.3) is 0 Å². The van der Waals surface area contributed by atoms with E-state index in [0.717, 1.165) is 5.56 Å². The second-order valence-corrected chi connectivity index (χ2v) is 5.05. The number of halogens is 1. The van der Waals surface area contributed by atoms with E-state index in [4.69, 9.17) is 16.3 Å². The molecule has 0 heterocycles. The van der Waals surface area contributed by atoms with E-state index in [-0.39, 0.29) is 11.7 Å². The number of hydrogen-bond acceptors (Lipinski definition) is 4. The Kier molecular flexibility index (Phi) is 5.17. The summed E-state index contributed by atoms with van der Waals surface area (Å²) in [7, 11) is 1.28. The van der Waals surface area contributed by atoms with Crippen molar-refractivity contribution >= 4 is 23.9 Å². The highest BCUT2D eigenvalue weighted by atomic mass is 35.5. The van der Waals surface area contributed by atoms with Crippen molar-refractivity contribution in [1.29, 1.82) is 0 Å². The summed E-state index contributed by atoms with van der Waals surface area (Å²) in [6.45, 7) is 1.84. The van der Waals surface area contributed by atoms with E-state index in [1.165, 1.54) is 13.2 Å². The van der Waals surface area contributed by atoms with Gasteiger partial charge in [-0.15, -0.1) is 0 Å². The molecule has 0 aromatic heterocycles. The molecule has 4 nitrogen and oxygen atoms in total. The van der Waals surface area contributed by atoms with Crippen LogP contribution in [0.2, 0.25) is 5.02 Å². The van der Waals surface area contributed by atoms with Gasteiger partial charge in [-0.05, 0) is 31.2 Å². The number of rotatable bonds is 5. The monoisotopic (exact) mass is 318 g/mol. The summed E-state index contributed by atoms with van der Waals surface area (Å²) in [5.74, 6) is -0.121. The van der Waals surface area contributed by atoms with Crippen molar-refractivity contribution in [2.45, 2.75) is 13.0 Å². The van der Waals surface area contributed by atoms with Crippen LogP contribution in [0.25, 0.3) is 0 Å². The molecule has 5 heteroatoms. The maximum Gasteiger partial charge on any atom is 0.337 e. The largest absolute Gasteiger partial charge is 0.485 e. The van der Waals surface area contributed by atoms with Gasteiger partial charge in [-0.1, -0.05) is 29.8 Å². The minimum absolute atomic E-state index is 0.279. The van der Waals surface area contributed by atoms with E-state index in [1.807, 2.05) is 25.1 Å². The molecule has 0 saturated carbocycles. The molecule has 0 aliphatic rings. The van der Waals surface area contributed by atoms with Gasteiger partial charge >= 0.3 is 5.97 Å². The van der Waals surface area contributed by atoms with Crippen LogP contribution in [0.1, 0.15) is 39.3 Å². The molecule has 0 bridgehead atoms. The molecule has 0 aliphatic carbocycles. The third-order valence-corrected chi connectivity index (χ3v) is 3.55. The lowest BCUT2D eigenvalue weighted by Gasteiger charge is -2.17. The molecule has 2 rings (SSSR count). The highest BCUT2D eigenvalue weighted by Gasteiger charge is 2.15. The van der Waals surface area contributed by atoms with Gasteiger partial charge in [-0.2, -0.15) is 0 Å². The second-order valence-electron chi connectivity index (χ2n) is 4.64. The second kappa shape index (κ2) is 7.09. The predicted molar refractivity (Wildman–Crippen MR) is 83.7 cm³/mol. The first-order chi connectivity index (χ1) is 10.6. The number of benzene rings is 2. The van der Waals surface area contributed by atoms with Crippen molar-refractivity contribution in [3.05, 3.63) is 64.2 Å². The van der Waals surface area contributed by atoms with Gasteiger partial charge in [-0.3, -0.25) is 4.79 Å². The van der Waals surface area contributed by atoms with Crippen LogP contribution < -0.4 is 4.74 Å². The van der Waals surface area contributed by atoms with Gasteiger partial charge < -0.3 is 9.47 Å². The lowest BCUT2D eigenvalue weighted by atomic mass is 10.1. The molecule has 0 radical (unpaired) electrons. The third-order valence-electron chi connectivity index (χ3n) is 3.20. The van der Waals surface area contributed by atoms with Gasteiger partial charge in [-0.25, -0.2) is 4.79 Å². The number of carbonyl (C=O) groups is 2. The molecule has 0 unspecified atom stereocenters. The number of methoxy groups -OCH3 is 1. The Morgan fingerprint density at radius 2 is 1.95 bits per heavy atom. The maximum atomic E-state index is 11.5. The molecular weight excluding hydrogens is 304 g/mol. The van der Waals surface area contributed by atoms with Crippen LogP contribution in [0, 0.1) is 0 Å². The Bertz CT molecular complexity index is 697. The van der Waals surface area contributed by atoms with Gasteiger partial charge in [0.1, 0.15) is 11.9 Å². The van der Waals surface area contributed by atoms with Gasteiger partial charge in [0, 0.05) is 10.6 Å². The summed E-state index contributed by atoms with van der Waals surface area (Å²) in [5.41, 5.74) is 1.39. The summed E-state index contributed by atoms with van der Waals surface area (Å²) in [6, 6.07) is 11.9. The maximum absolute atomic E-state index is 11.5. The van der Waals surface area contributed by atoms with E-state index in [9.17, 15) is 9.59 Å². The number of hydrogen-bond donors (Lipinski definition) is 0. The summed E-state index contributed by atoms with van der Waals surface area (Å²) in [6.07, 6.45) is 0.303. The zero-order chi connectivity index (χ0) is 16.1. The zero-order valence-electron chi connectivity index (χ0n) is 12.2. The van der Waals surface area contributed by atoms with E-state index in [2.05, 4.69) is 4.74 Å². The summed E-state index contributed by atoms with van der Waals surface area (Å²) >= 11 is 6.13. The fourth-order valence-electron chi connectivity index (χ4n) is 2.05. The molecule has 0 spiro atoms. The Balaban J connectivity index is 2.28. The van der Waals surface area contributed by atoms with Gasteiger partial charge in [0.05, 0.1) is 18.2 Å². The third kappa shape index (κ3) is 3.46. The normalized spacial score (nSPS) is 11.6. The van der Waals surface area contributed by atoms with Crippen molar-refractivity contribution in [3.63, 3.8) is 0 Å². The quantitative estimate of drug-likeness (QED) is 0.615. The first-order valence-electron chi connectivity index (χ1n) is 6.65. The van der Waals surface area contributed by atoms with E-state index in [1.54, 1.807) is 18.2 Å². The standard InChI is InChI=1S/C17H15ClO4/c1-11(14-5-3-4-6-15(14)18)22-16-8-7-12(17(20)21-2)9-13(16)10-19/h3-11H,1-2H3/t11-/m0/s1.